The van der Waals surface area contributed by atoms with Crippen LogP contribution in [0.5, 0.6) is 0 Å². The number of nitrogens with zero attached hydrogens (tertiary/aromatic N) is 1. The average Bonchev–Trinajstić information content (AvgIpc) is 2.34. The first-order valence-corrected chi connectivity index (χ1v) is 3.21. The summed E-state index contributed by atoms with van der Waals surface area (Å²) in [5.41, 5.74) is 0. The van der Waals surface area contributed by atoms with Gasteiger partial charge < -0.3 is 15.2 Å². The second-order valence-electron chi connectivity index (χ2n) is 2.33. The fourth-order valence-corrected chi connectivity index (χ4v) is 0.982. The van der Waals surface area contributed by atoms with Crippen molar-refractivity contribution in [2.45, 2.75) is 6.04 Å². The highest BCUT2D eigenvalue weighted by molar-refractivity contribution is 5.65. The molecule has 0 aliphatic carbocycles. The van der Waals surface area contributed by atoms with E-state index in [0.717, 1.165) is 0 Å². The van der Waals surface area contributed by atoms with Gasteiger partial charge in [0.1, 0.15) is 0 Å². The van der Waals surface area contributed by atoms with Gasteiger partial charge in [-0.25, -0.2) is 4.79 Å². The summed E-state index contributed by atoms with van der Waals surface area (Å²) >= 11 is 0. The van der Waals surface area contributed by atoms with Crippen molar-refractivity contribution in [2.75, 3.05) is 13.2 Å². The van der Waals surface area contributed by atoms with Crippen molar-refractivity contribution in [1.29, 1.82) is 5.26 Å². The maximum absolute atomic E-state index is 10.1. The smallest absolute Gasteiger partial charge is 0.405 e. The lowest BCUT2D eigenvalue weighted by atomic mass is 10.1. The van der Waals surface area contributed by atoms with Gasteiger partial charge in [-0.15, -0.1) is 0 Å². The predicted molar refractivity (Wildman–Crippen MR) is 34.9 cm³/mol. The van der Waals surface area contributed by atoms with Crippen molar-refractivity contribution < 1.29 is 14.6 Å². The zero-order valence-electron chi connectivity index (χ0n) is 5.78. The van der Waals surface area contributed by atoms with E-state index >= 15 is 0 Å². The van der Waals surface area contributed by atoms with Gasteiger partial charge in [-0.3, -0.25) is 0 Å². The zero-order valence-corrected chi connectivity index (χ0v) is 5.78. The van der Waals surface area contributed by atoms with Crippen LogP contribution in [0.2, 0.25) is 0 Å². The van der Waals surface area contributed by atoms with Crippen LogP contribution < -0.4 is 5.32 Å². The Balaban J connectivity index is 2.45. The number of amides is 1. The molecule has 5 heteroatoms. The monoisotopic (exact) mass is 156 g/mol. The van der Waals surface area contributed by atoms with Crippen LogP contribution in [0, 0.1) is 17.2 Å². The Hall–Kier alpha value is -1.28. The maximum atomic E-state index is 10.1. The number of ether oxygens (including phenoxy) is 1. The first-order valence-electron chi connectivity index (χ1n) is 3.21. The van der Waals surface area contributed by atoms with Crippen LogP contribution in [0.15, 0.2) is 0 Å². The second-order valence-corrected chi connectivity index (χ2v) is 2.33. The summed E-state index contributed by atoms with van der Waals surface area (Å²) < 4.78 is 4.91. The molecule has 1 heterocycles. The van der Waals surface area contributed by atoms with Crippen LogP contribution in [0.25, 0.3) is 0 Å². The van der Waals surface area contributed by atoms with Crippen molar-refractivity contribution in [3.8, 4) is 6.07 Å². The normalized spacial score (nSPS) is 29.4. The number of carboxylic acid groups (broad SMARTS) is 1. The summed E-state index contributed by atoms with van der Waals surface area (Å²) in [6.07, 6.45) is -1.11. The highest BCUT2D eigenvalue weighted by Crippen LogP contribution is 2.11. The first-order chi connectivity index (χ1) is 5.24. The lowest BCUT2D eigenvalue weighted by Crippen LogP contribution is -2.38. The van der Waals surface area contributed by atoms with Crippen LogP contribution in [0.3, 0.4) is 0 Å². The highest BCUT2D eigenvalue weighted by Gasteiger charge is 2.29. The average molecular weight is 156 g/mol. The topological polar surface area (TPSA) is 82.3 Å². The molecule has 0 aromatic heterocycles. The molecule has 0 unspecified atom stereocenters. The fraction of sp³-hybridized carbons (Fsp3) is 0.667. The van der Waals surface area contributed by atoms with Crippen LogP contribution in [-0.2, 0) is 4.74 Å². The molecule has 1 aliphatic heterocycles. The van der Waals surface area contributed by atoms with E-state index in [1.165, 1.54) is 0 Å². The molecule has 5 nitrogen and oxygen atoms in total. The molecule has 0 bridgehead atoms. The lowest BCUT2D eigenvalue weighted by Gasteiger charge is -2.09. The van der Waals surface area contributed by atoms with Crippen molar-refractivity contribution in [3.63, 3.8) is 0 Å². The number of nitriles is 1. The van der Waals surface area contributed by atoms with E-state index in [1.54, 1.807) is 0 Å². The van der Waals surface area contributed by atoms with E-state index < -0.39 is 6.09 Å². The van der Waals surface area contributed by atoms with E-state index in [0.29, 0.717) is 13.2 Å². The molecule has 0 aromatic carbocycles. The summed E-state index contributed by atoms with van der Waals surface area (Å²) in [5, 5.41) is 19.0. The van der Waals surface area contributed by atoms with Gasteiger partial charge >= 0.3 is 6.09 Å². The van der Waals surface area contributed by atoms with Gasteiger partial charge in [-0.05, 0) is 0 Å². The van der Waals surface area contributed by atoms with E-state index in [9.17, 15) is 4.79 Å². The largest absolute Gasteiger partial charge is 0.465 e. The predicted octanol–water partition coefficient (Wildman–Crippen LogP) is -0.207. The molecule has 60 valence electrons. The number of hydrogen-bond donors (Lipinski definition) is 2. The standard InChI is InChI=1S/C6H8N2O3/c7-1-4-2-11-3-5(4)8-6(9)10/h4-5,8H,2-3H2,(H,9,10)/t4-,5-/m1/s1. The molecule has 1 rings (SSSR count). The van der Waals surface area contributed by atoms with Gasteiger partial charge in [0.05, 0.1) is 31.2 Å². The van der Waals surface area contributed by atoms with Crippen LogP contribution >= 0.6 is 0 Å². The number of carbonyl (C=O) groups is 1. The minimum atomic E-state index is -1.11. The van der Waals surface area contributed by atoms with Crippen LogP contribution in [0.1, 0.15) is 0 Å². The fourth-order valence-electron chi connectivity index (χ4n) is 0.982. The molecular formula is C6H8N2O3. The molecule has 1 aliphatic rings. The number of nitrogens with one attached hydrogen (secondary N) is 1. The zero-order chi connectivity index (χ0) is 8.27. The summed E-state index contributed by atoms with van der Waals surface area (Å²) in [4.78, 5) is 10.1. The van der Waals surface area contributed by atoms with Gasteiger partial charge in [-0.1, -0.05) is 0 Å². The van der Waals surface area contributed by atoms with Gasteiger partial charge in [0, 0.05) is 0 Å². The quantitative estimate of drug-likeness (QED) is 0.550. The summed E-state index contributed by atoms with van der Waals surface area (Å²) in [6.45, 7) is 0.617. The third-order valence-electron chi connectivity index (χ3n) is 1.56. The molecule has 0 spiro atoms. The molecule has 0 aromatic rings. The first kappa shape index (κ1) is 7.82. The number of rotatable bonds is 1. The molecule has 11 heavy (non-hydrogen) atoms. The minimum Gasteiger partial charge on any atom is -0.465 e. The number of hydrogen-bond acceptors (Lipinski definition) is 3. The van der Waals surface area contributed by atoms with Crippen molar-refractivity contribution in [1.82, 2.24) is 5.32 Å². The van der Waals surface area contributed by atoms with Crippen LogP contribution in [-0.4, -0.2) is 30.5 Å². The molecule has 2 atom stereocenters. The Morgan fingerprint density at radius 1 is 1.73 bits per heavy atom. The second kappa shape index (κ2) is 3.21. The van der Waals surface area contributed by atoms with Gasteiger partial charge in [0.2, 0.25) is 0 Å². The molecule has 2 N–H and O–H groups in total. The Labute approximate surface area is 63.6 Å². The summed E-state index contributed by atoms with van der Waals surface area (Å²) in [5.74, 6) is -0.342. The van der Waals surface area contributed by atoms with Gasteiger partial charge in [0.15, 0.2) is 0 Å². The van der Waals surface area contributed by atoms with Gasteiger partial charge in [0.25, 0.3) is 0 Å². The van der Waals surface area contributed by atoms with Crippen LogP contribution in [0.4, 0.5) is 4.79 Å². The SMILES string of the molecule is N#C[C@@H]1COC[C@H]1NC(=O)O. The van der Waals surface area contributed by atoms with E-state index in [1.807, 2.05) is 6.07 Å². The molecule has 1 saturated heterocycles. The Morgan fingerprint density at radius 2 is 2.45 bits per heavy atom. The molecular weight excluding hydrogens is 148 g/mol. The Bertz CT molecular complexity index is 198. The van der Waals surface area contributed by atoms with Gasteiger partial charge in [-0.2, -0.15) is 5.26 Å². The molecule has 0 saturated carbocycles. The van der Waals surface area contributed by atoms with Crippen molar-refractivity contribution >= 4 is 6.09 Å². The van der Waals surface area contributed by atoms with E-state index in [2.05, 4.69) is 5.32 Å². The lowest BCUT2D eigenvalue weighted by molar-refractivity contribution is 0.175. The molecule has 1 fully saturated rings. The third kappa shape index (κ3) is 1.82. The van der Waals surface area contributed by atoms with E-state index in [4.69, 9.17) is 15.1 Å². The van der Waals surface area contributed by atoms with Crippen molar-refractivity contribution in [2.24, 2.45) is 5.92 Å². The Kier molecular flexibility index (Phi) is 2.28. The van der Waals surface area contributed by atoms with Crippen molar-refractivity contribution in [3.05, 3.63) is 0 Å². The molecule has 1 amide bonds. The maximum Gasteiger partial charge on any atom is 0.405 e. The van der Waals surface area contributed by atoms with E-state index in [-0.39, 0.29) is 12.0 Å². The molecule has 0 radical (unpaired) electrons. The Morgan fingerprint density at radius 3 is 3.00 bits per heavy atom. The minimum absolute atomic E-state index is 0.296. The third-order valence-corrected chi connectivity index (χ3v) is 1.56. The summed E-state index contributed by atoms with van der Waals surface area (Å²) in [7, 11) is 0. The highest BCUT2D eigenvalue weighted by atomic mass is 16.5. The summed E-state index contributed by atoms with van der Waals surface area (Å²) in [6, 6.07) is 1.61.